The minimum atomic E-state index is -1.69. The summed E-state index contributed by atoms with van der Waals surface area (Å²) in [6.07, 6.45) is 2.12. The van der Waals surface area contributed by atoms with E-state index in [0.29, 0.717) is 31.0 Å². The van der Waals surface area contributed by atoms with E-state index in [1.54, 1.807) is 0 Å². The van der Waals surface area contributed by atoms with Crippen molar-refractivity contribution in [3.8, 4) is 0 Å². The van der Waals surface area contributed by atoms with Gasteiger partial charge >= 0.3 is 0 Å². The Balaban J connectivity index is 2.54. The standard InChI is InChI=1S/C13H25BO2Si/c1-13(2,3)17(4,5)16-9-10-6-7-12(15)11(10)8-14/h10-11H,6-9H2,1-5H3. The van der Waals surface area contributed by atoms with Crippen LogP contribution in [0.15, 0.2) is 0 Å². The second-order valence-electron chi connectivity index (χ2n) is 6.68. The quantitative estimate of drug-likeness (QED) is 0.718. The second kappa shape index (κ2) is 5.27. The van der Waals surface area contributed by atoms with Crippen LogP contribution in [0, 0.1) is 11.8 Å². The summed E-state index contributed by atoms with van der Waals surface area (Å²) in [5.74, 6) is 0.720. The molecule has 17 heavy (non-hydrogen) atoms. The average molecular weight is 252 g/mol. The van der Waals surface area contributed by atoms with Gasteiger partial charge in [0.2, 0.25) is 0 Å². The number of ketones is 1. The molecule has 0 aromatic rings. The molecule has 1 fully saturated rings. The molecule has 2 nitrogen and oxygen atoms in total. The van der Waals surface area contributed by atoms with Crippen molar-refractivity contribution in [1.29, 1.82) is 0 Å². The highest BCUT2D eigenvalue weighted by molar-refractivity contribution is 6.74. The molecule has 0 aromatic carbocycles. The summed E-state index contributed by atoms with van der Waals surface area (Å²) in [7, 11) is 3.99. The summed E-state index contributed by atoms with van der Waals surface area (Å²) in [5, 5.41) is 0.230. The van der Waals surface area contributed by atoms with Crippen LogP contribution in [0.25, 0.3) is 0 Å². The highest BCUT2D eigenvalue weighted by Crippen LogP contribution is 2.38. The molecule has 1 saturated carbocycles. The fraction of sp³-hybridized carbons (Fsp3) is 0.923. The lowest BCUT2D eigenvalue weighted by Crippen LogP contribution is -2.42. The van der Waals surface area contributed by atoms with Crippen molar-refractivity contribution in [1.82, 2.24) is 0 Å². The van der Waals surface area contributed by atoms with Gasteiger partial charge < -0.3 is 4.43 Å². The lowest BCUT2D eigenvalue weighted by Gasteiger charge is -2.37. The van der Waals surface area contributed by atoms with Crippen molar-refractivity contribution in [2.75, 3.05) is 6.61 Å². The fourth-order valence-electron chi connectivity index (χ4n) is 2.03. The van der Waals surface area contributed by atoms with E-state index in [-0.39, 0.29) is 11.0 Å². The first-order chi connectivity index (χ1) is 7.69. The van der Waals surface area contributed by atoms with Gasteiger partial charge in [-0.1, -0.05) is 27.1 Å². The van der Waals surface area contributed by atoms with E-state index in [0.717, 1.165) is 6.42 Å². The Labute approximate surface area is 108 Å². The van der Waals surface area contributed by atoms with Crippen molar-refractivity contribution < 1.29 is 9.22 Å². The van der Waals surface area contributed by atoms with Crippen molar-refractivity contribution in [2.24, 2.45) is 11.8 Å². The van der Waals surface area contributed by atoms with Crippen molar-refractivity contribution in [3.63, 3.8) is 0 Å². The molecule has 96 valence electrons. The molecular weight excluding hydrogens is 227 g/mol. The largest absolute Gasteiger partial charge is 0.417 e. The maximum Gasteiger partial charge on any atom is 0.191 e. The van der Waals surface area contributed by atoms with Crippen LogP contribution >= 0.6 is 0 Å². The van der Waals surface area contributed by atoms with Gasteiger partial charge in [0.15, 0.2) is 8.32 Å². The maximum atomic E-state index is 11.6. The van der Waals surface area contributed by atoms with Gasteiger partial charge in [0, 0.05) is 18.9 Å². The Morgan fingerprint density at radius 3 is 2.47 bits per heavy atom. The third-order valence-electron chi connectivity index (χ3n) is 4.46. The van der Waals surface area contributed by atoms with Crippen LogP contribution in [0.2, 0.25) is 24.5 Å². The first-order valence-electron chi connectivity index (χ1n) is 6.56. The van der Waals surface area contributed by atoms with Crippen LogP contribution < -0.4 is 0 Å². The molecule has 1 rings (SSSR count). The summed E-state index contributed by atoms with van der Waals surface area (Å²) in [6, 6.07) is 0. The van der Waals surface area contributed by atoms with E-state index in [4.69, 9.17) is 12.3 Å². The van der Waals surface area contributed by atoms with Crippen LogP contribution in [-0.2, 0) is 9.22 Å². The molecule has 0 bridgehead atoms. The number of rotatable bonds is 4. The van der Waals surface area contributed by atoms with Gasteiger partial charge in [0.25, 0.3) is 0 Å². The molecule has 2 atom stereocenters. The van der Waals surface area contributed by atoms with Crippen LogP contribution in [0.1, 0.15) is 33.6 Å². The van der Waals surface area contributed by atoms with Crippen LogP contribution in [-0.4, -0.2) is 28.6 Å². The number of carbonyl (C=O) groups excluding carboxylic acids is 1. The molecule has 2 radical (unpaired) electrons. The van der Waals surface area contributed by atoms with Gasteiger partial charge in [-0.05, 0) is 30.5 Å². The van der Waals surface area contributed by atoms with Crippen molar-refractivity contribution in [3.05, 3.63) is 0 Å². The van der Waals surface area contributed by atoms with Gasteiger partial charge in [0.1, 0.15) is 5.78 Å². The molecule has 0 saturated heterocycles. The van der Waals surface area contributed by atoms with Crippen molar-refractivity contribution >= 4 is 21.9 Å². The maximum absolute atomic E-state index is 11.6. The molecule has 1 aliphatic carbocycles. The number of Topliss-reactive ketones (excluding diaryl/α,β-unsaturated/α-hetero) is 1. The van der Waals surface area contributed by atoms with E-state index >= 15 is 0 Å². The van der Waals surface area contributed by atoms with Gasteiger partial charge in [0.05, 0.1) is 7.85 Å². The normalized spacial score (nSPS) is 26.5. The first kappa shape index (κ1) is 15.0. The van der Waals surface area contributed by atoms with Gasteiger partial charge in [-0.2, -0.15) is 0 Å². The molecule has 4 heteroatoms. The van der Waals surface area contributed by atoms with Crippen molar-refractivity contribution in [2.45, 2.75) is 58.1 Å². The third kappa shape index (κ3) is 3.44. The molecule has 1 aliphatic rings. The van der Waals surface area contributed by atoms with E-state index in [9.17, 15) is 4.79 Å². The number of hydrogen-bond donors (Lipinski definition) is 0. The average Bonchev–Trinajstić information content (AvgIpc) is 2.54. The SMILES string of the molecule is [B]CC1C(=O)CCC1CO[Si](C)(C)C(C)(C)C. The summed E-state index contributed by atoms with van der Waals surface area (Å²) < 4.78 is 6.19. The zero-order valence-corrected chi connectivity index (χ0v) is 12.9. The molecule has 0 heterocycles. The lowest BCUT2D eigenvalue weighted by molar-refractivity contribution is -0.120. The fourth-order valence-corrected chi connectivity index (χ4v) is 3.10. The Kier molecular flexibility index (Phi) is 4.64. The minimum Gasteiger partial charge on any atom is -0.417 e. The Hall–Kier alpha value is -0.0882. The Morgan fingerprint density at radius 2 is 2.00 bits per heavy atom. The van der Waals surface area contributed by atoms with Crippen LogP contribution in [0.4, 0.5) is 0 Å². The monoisotopic (exact) mass is 252 g/mol. The molecule has 0 N–H and O–H groups in total. The predicted octanol–water partition coefficient (Wildman–Crippen LogP) is 3.19. The highest BCUT2D eigenvalue weighted by atomic mass is 28.4. The predicted molar refractivity (Wildman–Crippen MR) is 74.9 cm³/mol. The zero-order valence-electron chi connectivity index (χ0n) is 11.9. The summed E-state index contributed by atoms with van der Waals surface area (Å²) in [5.41, 5.74) is 0. The van der Waals surface area contributed by atoms with Gasteiger partial charge in [-0.15, -0.1) is 0 Å². The smallest absolute Gasteiger partial charge is 0.191 e. The molecule has 0 aliphatic heterocycles. The highest BCUT2D eigenvalue weighted by Gasteiger charge is 2.40. The summed E-state index contributed by atoms with van der Waals surface area (Å²) in [4.78, 5) is 11.6. The number of carbonyl (C=O) groups is 1. The molecule has 2 unspecified atom stereocenters. The minimum absolute atomic E-state index is 0.0415. The van der Waals surface area contributed by atoms with E-state index in [2.05, 4.69) is 33.9 Å². The van der Waals surface area contributed by atoms with E-state index < -0.39 is 8.32 Å². The van der Waals surface area contributed by atoms with E-state index in [1.165, 1.54) is 0 Å². The summed E-state index contributed by atoms with van der Waals surface area (Å²) >= 11 is 0. The van der Waals surface area contributed by atoms with E-state index in [1.807, 2.05) is 0 Å². The summed E-state index contributed by atoms with van der Waals surface area (Å²) in [6.45, 7) is 11.9. The third-order valence-corrected chi connectivity index (χ3v) is 8.96. The topological polar surface area (TPSA) is 26.3 Å². The number of hydrogen-bond acceptors (Lipinski definition) is 2. The van der Waals surface area contributed by atoms with Gasteiger partial charge in [-0.3, -0.25) is 4.79 Å². The molecule has 0 amide bonds. The van der Waals surface area contributed by atoms with Gasteiger partial charge in [-0.25, -0.2) is 0 Å². The molecule has 0 spiro atoms. The zero-order chi connectivity index (χ0) is 13.3. The Morgan fingerprint density at radius 1 is 1.41 bits per heavy atom. The lowest BCUT2D eigenvalue weighted by atomic mass is 9.84. The van der Waals surface area contributed by atoms with Crippen LogP contribution in [0.5, 0.6) is 0 Å². The second-order valence-corrected chi connectivity index (χ2v) is 11.5. The molecular formula is C13H25BO2Si. The Bertz CT molecular complexity index is 284. The molecule has 0 aromatic heterocycles. The first-order valence-corrected chi connectivity index (χ1v) is 9.46. The van der Waals surface area contributed by atoms with Crippen LogP contribution in [0.3, 0.4) is 0 Å².